The molecule has 0 bridgehead atoms. The molecule has 0 radical (unpaired) electrons. The molecule has 28 heavy (non-hydrogen) atoms. The van der Waals surface area contributed by atoms with Crippen LogP contribution in [0.3, 0.4) is 0 Å². The smallest absolute Gasteiger partial charge is 0.277 e. The van der Waals surface area contributed by atoms with Crippen molar-refractivity contribution in [1.29, 1.82) is 0 Å². The van der Waals surface area contributed by atoms with E-state index in [9.17, 15) is 9.59 Å². The van der Waals surface area contributed by atoms with Crippen molar-refractivity contribution in [3.63, 3.8) is 0 Å². The third-order valence-electron chi connectivity index (χ3n) is 4.13. The summed E-state index contributed by atoms with van der Waals surface area (Å²) in [7, 11) is 4.49. The first kappa shape index (κ1) is 19.2. The summed E-state index contributed by atoms with van der Waals surface area (Å²) in [4.78, 5) is 24.7. The fourth-order valence-corrected chi connectivity index (χ4v) is 2.75. The zero-order valence-electron chi connectivity index (χ0n) is 15.8. The third kappa shape index (κ3) is 3.88. The summed E-state index contributed by atoms with van der Waals surface area (Å²) in [5.41, 5.74) is 0.716. The lowest BCUT2D eigenvalue weighted by Crippen LogP contribution is -2.26. The van der Waals surface area contributed by atoms with Crippen molar-refractivity contribution in [2.24, 2.45) is 0 Å². The lowest BCUT2D eigenvalue weighted by molar-refractivity contribution is -0.116. The quantitative estimate of drug-likeness (QED) is 0.663. The largest absolute Gasteiger partial charge is 0.493 e. The number of rotatable bonds is 7. The minimum atomic E-state index is -0.295. The molecule has 3 rings (SSSR count). The van der Waals surface area contributed by atoms with Gasteiger partial charge in [-0.1, -0.05) is 17.3 Å². The number of aromatic nitrogens is 3. The zero-order valence-corrected chi connectivity index (χ0v) is 15.8. The number of hydrogen-bond acceptors (Lipinski definition) is 7. The Morgan fingerprint density at radius 3 is 2.39 bits per heavy atom. The summed E-state index contributed by atoms with van der Waals surface area (Å²) >= 11 is 0. The van der Waals surface area contributed by atoms with Crippen molar-refractivity contribution in [1.82, 2.24) is 15.0 Å². The molecule has 0 unspecified atom stereocenters. The molecule has 0 spiro atoms. The van der Waals surface area contributed by atoms with Crippen molar-refractivity contribution in [3.8, 4) is 17.2 Å². The van der Waals surface area contributed by atoms with Crippen LogP contribution in [0.4, 0.5) is 5.69 Å². The van der Waals surface area contributed by atoms with Crippen LogP contribution in [0.15, 0.2) is 41.2 Å². The highest BCUT2D eigenvalue weighted by molar-refractivity contribution is 5.91. The highest BCUT2D eigenvalue weighted by Crippen LogP contribution is 2.39. The average Bonchev–Trinajstić information content (AvgIpc) is 2.72. The van der Waals surface area contributed by atoms with Gasteiger partial charge >= 0.3 is 0 Å². The topological polar surface area (TPSA) is 105 Å². The van der Waals surface area contributed by atoms with Crippen LogP contribution in [-0.2, 0) is 11.3 Å². The Kier molecular flexibility index (Phi) is 5.73. The van der Waals surface area contributed by atoms with Crippen molar-refractivity contribution >= 4 is 22.5 Å². The first-order valence-corrected chi connectivity index (χ1v) is 8.49. The Morgan fingerprint density at radius 2 is 1.75 bits per heavy atom. The lowest BCUT2D eigenvalue weighted by Gasteiger charge is -2.14. The van der Waals surface area contributed by atoms with Gasteiger partial charge in [0.2, 0.25) is 11.7 Å². The molecular weight excluding hydrogens is 364 g/mol. The standard InChI is InChI=1S/C19H20N4O5/c1-26-15-10-12(11-16(27-2)18(15)28-3)20-17(24)8-9-23-19(25)13-6-4-5-7-14(13)21-22-23/h4-7,10-11H,8-9H2,1-3H3,(H,20,24). The highest BCUT2D eigenvalue weighted by atomic mass is 16.5. The van der Waals surface area contributed by atoms with Gasteiger partial charge < -0.3 is 19.5 Å². The third-order valence-corrected chi connectivity index (χ3v) is 4.13. The molecule has 0 atom stereocenters. The van der Waals surface area contributed by atoms with E-state index in [0.29, 0.717) is 33.8 Å². The number of aryl methyl sites for hydroxylation is 1. The van der Waals surface area contributed by atoms with Gasteiger partial charge in [0.25, 0.3) is 5.56 Å². The van der Waals surface area contributed by atoms with E-state index in [4.69, 9.17) is 14.2 Å². The van der Waals surface area contributed by atoms with Crippen LogP contribution >= 0.6 is 0 Å². The van der Waals surface area contributed by atoms with Crippen LogP contribution in [0.25, 0.3) is 10.9 Å². The van der Waals surface area contributed by atoms with E-state index >= 15 is 0 Å². The van der Waals surface area contributed by atoms with Crippen LogP contribution in [0.2, 0.25) is 0 Å². The molecule has 0 aliphatic rings. The van der Waals surface area contributed by atoms with Crippen molar-refractivity contribution in [3.05, 3.63) is 46.8 Å². The molecule has 146 valence electrons. The predicted octanol–water partition coefficient (Wildman–Crippen LogP) is 1.85. The second kappa shape index (κ2) is 8.38. The number of benzene rings is 2. The second-order valence-corrected chi connectivity index (χ2v) is 5.85. The molecule has 3 aromatic rings. The van der Waals surface area contributed by atoms with Gasteiger partial charge in [-0.15, -0.1) is 5.10 Å². The Bertz CT molecular complexity index is 1040. The first-order valence-electron chi connectivity index (χ1n) is 8.49. The van der Waals surface area contributed by atoms with Crippen molar-refractivity contribution in [2.45, 2.75) is 13.0 Å². The maximum absolute atomic E-state index is 12.4. The van der Waals surface area contributed by atoms with Gasteiger partial charge in [0.15, 0.2) is 11.5 Å². The summed E-state index contributed by atoms with van der Waals surface area (Å²) < 4.78 is 17.0. The Morgan fingerprint density at radius 1 is 1.07 bits per heavy atom. The Balaban J connectivity index is 1.73. The number of nitrogens with zero attached hydrogens (tertiary/aromatic N) is 3. The van der Waals surface area contributed by atoms with E-state index in [-0.39, 0.29) is 24.4 Å². The van der Waals surface area contributed by atoms with E-state index in [1.165, 1.54) is 26.0 Å². The Labute approximate surface area is 160 Å². The van der Waals surface area contributed by atoms with E-state index in [1.807, 2.05) is 0 Å². The fraction of sp³-hybridized carbons (Fsp3) is 0.263. The molecule has 1 amide bonds. The molecule has 0 fully saturated rings. The number of fused-ring (bicyclic) bond motifs is 1. The maximum atomic E-state index is 12.4. The number of nitrogens with one attached hydrogen (secondary N) is 1. The van der Waals surface area contributed by atoms with Crippen LogP contribution in [0.1, 0.15) is 6.42 Å². The number of anilines is 1. The number of amides is 1. The molecule has 0 aliphatic carbocycles. The number of carbonyl (C=O) groups is 1. The average molecular weight is 384 g/mol. The molecule has 9 nitrogen and oxygen atoms in total. The molecular formula is C19H20N4O5. The van der Waals surface area contributed by atoms with E-state index in [1.54, 1.807) is 36.4 Å². The van der Waals surface area contributed by atoms with Crippen LogP contribution in [-0.4, -0.2) is 42.2 Å². The van der Waals surface area contributed by atoms with Crippen molar-refractivity contribution in [2.75, 3.05) is 26.6 Å². The summed E-state index contributed by atoms with van der Waals surface area (Å²) in [6, 6.07) is 10.2. The number of carbonyl (C=O) groups excluding carboxylic acids is 1. The van der Waals surface area contributed by atoms with Gasteiger partial charge in [0.1, 0.15) is 5.52 Å². The van der Waals surface area contributed by atoms with E-state index < -0.39 is 0 Å². The number of ether oxygens (including phenoxy) is 3. The molecule has 1 aromatic heterocycles. The molecule has 2 aromatic carbocycles. The molecule has 0 saturated carbocycles. The highest BCUT2D eigenvalue weighted by Gasteiger charge is 2.15. The summed E-state index contributed by atoms with van der Waals surface area (Å²) in [5.74, 6) is 0.986. The van der Waals surface area contributed by atoms with Gasteiger partial charge in [0, 0.05) is 24.2 Å². The van der Waals surface area contributed by atoms with Crippen molar-refractivity contribution < 1.29 is 19.0 Å². The van der Waals surface area contributed by atoms with E-state index in [2.05, 4.69) is 15.6 Å². The van der Waals surface area contributed by atoms with Crippen LogP contribution < -0.4 is 25.1 Å². The lowest BCUT2D eigenvalue weighted by atomic mass is 10.2. The molecule has 0 aliphatic heterocycles. The predicted molar refractivity (Wildman–Crippen MR) is 103 cm³/mol. The summed E-state index contributed by atoms with van der Waals surface area (Å²) in [6.07, 6.45) is 0.0452. The van der Waals surface area contributed by atoms with Gasteiger partial charge in [-0.3, -0.25) is 9.59 Å². The fourth-order valence-electron chi connectivity index (χ4n) is 2.75. The normalized spacial score (nSPS) is 10.5. The van der Waals surface area contributed by atoms with Gasteiger partial charge in [-0.05, 0) is 12.1 Å². The number of hydrogen-bond donors (Lipinski definition) is 1. The molecule has 9 heteroatoms. The maximum Gasteiger partial charge on any atom is 0.277 e. The Hall–Kier alpha value is -3.62. The minimum Gasteiger partial charge on any atom is -0.493 e. The SMILES string of the molecule is COc1cc(NC(=O)CCn2nnc3ccccc3c2=O)cc(OC)c1OC. The zero-order chi connectivity index (χ0) is 20.1. The summed E-state index contributed by atoms with van der Waals surface area (Å²) in [6.45, 7) is 0.104. The van der Waals surface area contributed by atoms with E-state index in [0.717, 1.165) is 0 Å². The first-order chi connectivity index (χ1) is 13.6. The molecule has 1 N–H and O–H groups in total. The molecule has 1 heterocycles. The van der Waals surface area contributed by atoms with Gasteiger partial charge in [0.05, 0.1) is 33.3 Å². The summed E-state index contributed by atoms with van der Waals surface area (Å²) in [5, 5.41) is 11.1. The number of methoxy groups -OCH3 is 3. The van der Waals surface area contributed by atoms with Gasteiger partial charge in [-0.25, -0.2) is 4.68 Å². The monoisotopic (exact) mass is 384 g/mol. The van der Waals surface area contributed by atoms with Crippen LogP contribution in [0, 0.1) is 0 Å². The van der Waals surface area contributed by atoms with Crippen LogP contribution in [0.5, 0.6) is 17.2 Å². The minimum absolute atomic E-state index is 0.0452. The van der Waals surface area contributed by atoms with Gasteiger partial charge in [-0.2, -0.15) is 0 Å². The molecule has 0 saturated heterocycles. The second-order valence-electron chi connectivity index (χ2n) is 5.85.